The molecule has 1 unspecified atom stereocenters. The Balaban J connectivity index is 1.62. The molecule has 0 heterocycles. The molecule has 0 spiro atoms. The lowest BCUT2D eigenvalue weighted by Crippen LogP contribution is -2.28. The maximum absolute atomic E-state index is 12.4. The van der Waals surface area contributed by atoms with E-state index >= 15 is 0 Å². The van der Waals surface area contributed by atoms with Crippen molar-refractivity contribution in [1.29, 1.82) is 0 Å². The third-order valence-electron chi connectivity index (χ3n) is 4.86. The minimum atomic E-state index is -3.31. The molecular formula is C21H25NO3S2. The fraction of sp³-hybridized carbons (Fsp3) is 0.381. The van der Waals surface area contributed by atoms with Crippen molar-refractivity contribution >= 4 is 27.5 Å². The van der Waals surface area contributed by atoms with Crippen molar-refractivity contribution < 1.29 is 13.2 Å². The zero-order chi connectivity index (χ0) is 19.4. The van der Waals surface area contributed by atoms with Crippen LogP contribution in [0.5, 0.6) is 0 Å². The van der Waals surface area contributed by atoms with Crippen LogP contribution in [0.1, 0.15) is 42.5 Å². The molecule has 0 aromatic heterocycles. The van der Waals surface area contributed by atoms with Gasteiger partial charge in [0.15, 0.2) is 9.84 Å². The van der Waals surface area contributed by atoms with E-state index in [1.54, 1.807) is 24.3 Å². The molecule has 2 aromatic carbocycles. The first-order chi connectivity index (χ1) is 12.8. The summed E-state index contributed by atoms with van der Waals surface area (Å²) < 4.78 is 23.7. The number of carbonyl (C=O) groups excluding carboxylic acids is 1. The van der Waals surface area contributed by atoms with Crippen LogP contribution in [0.25, 0.3) is 0 Å². The smallest absolute Gasteiger partial charge is 0.230 e. The second-order valence-corrected chi connectivity index (χ2v) is 10.0. The van der Waals surface area contributed by atoms with Gasteiger partial charge in [0.05, 0.1) is 16.7 Å². The van der Waals surface area contributed by atoms with Crippen molar-refractivity contribution in [3.8, 4) is 0 Å². The van der Waals surface area contributed by atoms with Crippen LogP contribution in [0.15, 0.2) is 52.3 Å². The van der Waals surface area contributed by atoms with E-state index in [0.29, 0.717) is 4.90 Å². The molecule has 0 radical (unpaired) electrons. The van der Waals surface area contributed by atoms with Crippen LogP contribution in [0.2, 0.25) is 0 Å². The van der Waals surface area contributed by atoms with E-state index in [0.717, 1.165) is 18.4 Å². The molecule has 144 valence electrons. The number of rotatable bonds is 6. The van der Waals surface area contributed by atoms with Crippen molar-refractivity contribution in [2.75, 3.05) is 12.0 Å². The van der Waals surface area contributed by atoms with E-state index in [4.69, 9.17) is 0 Å². The minimum Gasteiger partial charge on any atom is -0.349 e. The molecule has 0 bridgehead atoms. The average molecular weight is 404 g/mol. The molecule has 0 saturated carbocycles. The van der Waals surface area contributed by atoms with E-state index in [1.807, 2.05) is 6.92 Å². The number of sulfone groups is 1. The van der Waals surface area contributed by atoms with Gasteiger partial charge < -0.3 is 5.32 Å². The Morgan fingerprint density at radius 3 is 2.56 bits per heavy atom. The highest BCUT2D eigenvalue weighted by Gasteiger charge is 2.16. The first-order valence-electron chi connectivity index (χ1n) is 9.17. The Labute approximate surface area is 165 Å². The van der Waals surface area contributed by atoms with E-state index in [9.17, 15) is 13.2 Å². The molecule has 3 rings (SSSR count). The summed E-state index contributed by atoms with van der Waals surface area (Å²) in [5.41, 5.74) is 3.94. The molecule has 0 aliphatic heterocycles. The SMILES string of the molecule is CC(NC(=O)CSc1ccccc1S(C)(=O)=O)c1ccc2c(c1)CCCC2. The van der Waals surface area contributed by atoms with Crippen LogP contribution >= 0.6 is 11.8 Å². The first-order valence-corrected chi connectivity index (χ1v) is 12.1. The number of hydrogen-bond acceptors (Lipinski definition) is 4. The van der Waals surface area contributed by atoms with Crippen molar-refractivity contribution in [2.24, 2.45) is 0 Å². The normalized spacial score (nSPS) is 15.0. The summed E-state index contributed by atoms with van der Waals surface area (Å²) in [6, 6.07) is 13.2. The third kappa shape index (κ3) is 5.14. The molecule has 0 fully saturated rings. The first kappa shape index (κ1) is 20.0. The molecule has 27 heavy (non-hydrogen) atoms. The van der Waals surface area contributed by atoms with Gasteiger partial charge in [-0.15, -0.1) is 11.8 Å². The van der Waals surface area contributed by atoms with Crippen molar-refractivity contribution in [3.63, 3.8) is 0 Å². The van der Waals surface area contributed by atoms with Gasteiger partial charge in [-0.25, -0.2) is 8.42 Å². The maximum Gasteiger partial charge on any atom is 0.230 e. The summed E-state index contributed by atoms with van der Waals surface area (Å²) >= 11 is 1.25. The number of aryl methyl sites for hydroxylation is 2. The van der Waals surface area contributed by atoms with Gasteiger partial charge in [0.1, 0.15) is 0 Å². The Kier molecular flexibility index (Phi) is 6.27. The zero-order valence-corrected chi connectivity index (χ0v) is 17.3. The highest BCUT2D eigenvalue weighted by molar-refractivity contribution is 8.00. The highest BCUT2D eigenvalue weighted by atomic mass is 32.2. The van der Waals surface area contributed by atoms with Crippen LogP contribution in [0, 0.1) is 0 Å². The number of benzene rings is 2. The fourth-order valence-electron chi connectivity index (χ4n) is 3.41. The molecular weight excluding hydrogens is 378 g/mol. The Hall–Kier alpha value is -1.79. The third-order valence-corrected chi connectivity index (χ3v) is 7.22. The van der Waals surface area contributed by atoms with Gasteiger partial charge in [0.2, 0.25) is 5.91 Å². The van der Waals surface area contributed by atoms with Crippen molar-refractivity contribution in [2.45, 2.75) is 48.4 Å². The van der Waals surface area contributed by atoms with Gasteiger partial charge in [0.25, 0.3) is 0 Å². The lowest BCUT2D eigenvalue weighted by Gasteiger charge is -2.20. The summed E-state index contributed by atoms with van der Waals surface area (Å²) in [6.45, 7) is 1.98. The lowest BCUT2D eigenvalue weighted by atomic mass is 9.89. The monoisotopic (exact) mass is 403 g/mol. The maximum atomic E-state index is 12.4. The summed E-state index contributed by atoms with van der Waals surface area (Å²) in [7, 11) is -3.31. The predicted octanol–water partition coefficient (Wildman–Crippen LogP) is 3.94. The molecule has 2 aromatic rings. The average Bonchev–Trinajstić information content (AvgIpc) is 2.65. The number of nitrogens with one attached hydrogen (secondary N) is 1. The topological polar surface area (TPSA) is 63.2 Å². The largest absolute Gasteiger partial charge is 0.349 e. The highest BCUT2D eigenvalue weighted by Crippen LogP contribution is 2.27. The summed E-state index contributed by atoms with van der Waals surface area (Å²) in [5, 5.41) is 3.02. The van der Waals surface area contributed by atoms with Crippen molar-refractivity contribution in [1.82, 2.24) is 5.32 Å². The standard InChI is InChI=1S/C21H25NO3S2/c1-15(17-12-11-16-7-3-4-8-18(16)13-17)22-21(23)14-26-19-9-5-6-10-20(19)27(2,24)25/h5-6,9-13,15H,3-4,7-8,14H2,1-2H3,(H,22,23). The molecule has 4 nitrogen and oxygen atoms in total. The summed E-state index contributed by atoms with van der Waals surface area (Å²) in [4.78, 5) is 13.2. The van der Waals surface area contributed by atoms with Gasteiger partial charge >= 0.3 is 0 Å². The van der Waals surface area contributed by atoms with E-state index < -0.39 is 9.84 Å². The van der Waals surface area contributed by atoms with E-state index in [-0.39, 0.29) is 22.6 Å². The molecule has 1 aliphatic carbocycles. The second-order valence-electron chi connectivity index (χ2n) is 7.03. The van der Waals surface area contributed by atoms with Gasteiger partial charge in [-0.1, -0.05) is 30.3 Å². The number of fused-ring (bicyclic) bond motifs is 1. The second kappa shape index (κ2) is 8.48. The van der Waals surface area contributed by atoms with Gasteiger partial charge in [-0.05, 0) is 61.4 Å². The molecule has 0 saturated heterocycles. The van der Waals surface area contributed by atoms with Crippen LogP contribution in [0.4, 0.5) is 0 Å². The van der Waals surface area contributed by atoms with Crippen LogP contribution in [0.3, 0.4) is 0 Å². The van der Waals surface area contributed by atoms with Crippen LogP contribution in [-0.4, -0.2) is 26.3 Å². The van der Waals surface area contributed by atoms with Crippen molar-refractivity contribution in [3.05, 3.63) is 59.2 Å². The quantitative estimate of drug-likeness (QED) is 0.742. The lowest BCUT2D eigenvalue weighted by molar-refractivity contribution is -0.119. The molecule has 1 atom stereocenters. The Morgan fingerprint density at radius 2 is 1.81 bits per heavy atom. The minimum absolute atomic E-state index is 0.0736. The van der Waals surface area contributed by atoms with Gasteiger partial charge in [-0.3, -0.25) is 4.79 Å². The number of carbonyl (C=O) groups is 1. The molecule has 1 amide bonds. The number of thioether (sulfide) groups is 1. The molecule has 1 aliphatic rings. The van der Waals surface area contributed by atoms with Crippen LogP contribution < -0.4 is 5.32 Å². The Bertz CT molecular complexity index is 938. The number of hydrogen-bond donors (Lipinski definition) is 1. The zero-order valence-electron chi connectivity index (χ0n) is 15.7. The predicted molar refractivity (Wildman–Crippen MR) is 110 cm³/mol. The van der Waals surface area contributed by atoms with Crippen LogP contribution in [-0.2, 0) is 27.5 Å². The van der Waals surface area contributed by atoms with E-state index in [2.05, 4.69) is 23.5 Å². The Morgan fingerprint density at radius 1 is 1.11 bits per heavy atom. The summed E-state index contributed by atoms with van der Waals surface area (Å²) in [6.07, 6.45) is 5.93. The van der Waals surface area contributed by atoms with Gasteiger partial charge in [-0.2, -0.15) is 0 Å². The fourth-order valence-corrected chi connectivity index (χ4v) is 5.55. The molecule has 1 N–H and O–H groups in total. The summed E-state index contributed by atoms with van der Waals surface area (Å²) in [5.74, 6) is 0.0791. The molecule has 6 heteroatoms. The van der Waals surface area contributed by atoms with E-state index in [1.165, 1.54) is 42.0 Å². The van der Waals surface area contributed by atoms with Gasteiger partial charge in [0, 0.05) is 11.2 Å². The number of amides is 1.